The molecule has 1 aliphatic heterocycles. The zero-order chi connectivity index (χ0) is 16.8. The van der Waals surface area contributed by atoms with E-state index in [1.165, 1.54) is 12.8 Å². The van der Waals surface area contributed by atoms with Crippen molar-refractivity contribution >= 4 is 15.9 Å². The van der Waals surface area contributed by atoms with Crippen LogP contribution >= 0.6 is 0 Å². The Bertz CT molecular complexity index is 644. The summed E-state index contributed by atoms with van der Waals surface area (Å²) in [6.07, 6.45) is 6.83. The zero-order valence-corrected chi connectivity index (χ0v) is 14.9. The molecule has 0 radical (unpaired) electrons. The third kappa shape index (κ3) is 4.36. The van der Waals surface area contributed by atoms with Crippen molar-refractivity contribution in [2.45, 2.75) is 43.4 Å². The van der Waals surface area contributed by atoms with Crippen LogP contribution < -0.4 is 0 Å². The maximum Gasteiger partial charge on any atom is 0.283 e. The molecule has 6 heteroatoms. The minimum atomic E-state index is -3.66. The van der Waals surface area contributed by atoms with Crippen LogP contribution in [0.5, 0.6) is 0 Å². The highest BCUT2D eigenvalue weighted by Crippen LogP contribution is 2.27. The SMILES string of the molecule is O=S(=O)(/N=C(/C1CCCCCC1)N1CCOCC1)c1ccccc1. The third-order valence-electron chi connectivity index (χ3n) is 4.81. The van der Waals surface area contributed by atoms with Gasteiger partial charge >= 0.3 is 0 Å². The van der Waals surface area contributed by atoms with E-state index < -0.39 is 10.0 Å². The van der Waals surface area contributed by atoms with Crippen molar-refractivity contribution in [3.8, 4) is 0 Å². The summed E-state index contributed by atoms with van der Waals surface area (Å²) in [5, 5.41) is 0. The van der Waals surface area contributed by atoms with Crippen LogP contribution in [0.25, 0.3) is 0 Å². The van der Waals surface area contributed by atoms with Crippen molar-refractivity contribution in [2.24, 2.45) is 10.3 Å². The van der Waals surface area contributed by atoms with Crippen LogP contribution in [0.3, 0.4) is 0 Å². The summed E-state index contributed by atoms with van der Waals surface area (Å²) >= 11 is 0. The first kappa shape index (κ1) is 17.4. The van der Waals surface area contributed by atoms with Gasteiger partial charge in [0.05, 0.1) is 18.1 Å². The monoisotopic (exact) mass is 350 g/mol. The van der Waals surface area contributed by atoms with Crippen molar-refractivity contribution in [1.82, 2.24) is 4.90 Å². The molecule has 0 bridgehead atoms. The highest BCUT2D eigenvalue weighted by molar-refractivity contribution is 7.90. The van der Waals surface area contributed by atoms with Crippen molar-refractivity contribution in [1.29, 1.82) is 0 Å². The topological polar surface area (TPSA) is 59.0 Å². The lowest BCUT2D eigenvalue weighted by molar-refractivity contribution is 0.0657. The fraction of sp³-hybridized carbons (Fsp3) is 0.611. The Morgan fingerprint density at radius 3 is 2.25 bits per heavy atom. The number of rotatable bonds is 3. The molecule has 5 nitrogen and oxygen atoms in total. The summed E-state index contributed by atoms with van der Waals surface area (Å²) < 4.78 is 35.3. The molecule has 2 fully saturated rings. The van der Waals surface area contributed by atoms with E-state index in [4.69, 9.17) is 4.74 Å². The highest BCUT2D eigenvalue weighted by atomic mass is 32.2. The molecule has 0 atom stereocenters. The van der Waals surface area contributed by atoms with E-state index in [9.17, 15) is 8.42 Å². The average Bonchev–Trinajstić information content (AvgIpc) is 2.90. The molecule has 1 aliphatic carbocycles. The second kappa shape index (κ2) is 8.12. The van der Waals surface area contributed by atoms with Gasteiger partial charge in [0, 0.05) is 19.0 Å². The normalized spacial score (nSPS) is 21.5. The quantitative estimate of drug-likeness (QED) is 0.477. The van der Waals surface area contributed by atoms with Crippen molar-refractivity contribution in [3.05, 3.63) is 30.3 Å². The molecule has 132 valence electrons. The fourth-order valence-electron chi connectivity index (χ4n) is 3.49. The number of ether oxygens (including phenoxy) is 1. The van der Waals surface area contributed by atoms with Crippen LogP contribution in [0.15, 0.2) is 39.6 Å². The Morgan fingerprint density at radius 2 is 1.62 bits per heavy atom. The number of benzene rings is 1. The van der Waals surface area contributed by atoms with E-state index >= 15 is 0 Å². The van der Waals surface area contributed by atoms with Gasteiger partial charge in [-0.2, -0.15) is 8.42 Å². The fourth-order valence-corrected chi connectivity index (χ4v) is 4.61. The average molecular weight is 350 g/mol. The molecular weight excluding hydrogens is 324 g/mol. The van der Waals surface area contributed by atoms with Crippen LogP contribution in [-0.2, 0) is 14.8 Å². The first-order chi connectivity index (χ1) is 11.7. The lowest BCUT2D eigenvalue weighted by Crippen LogP contribution is -2.44. The molecule has 2 aliphatic rings. The second-order valence-corrected chi connectivity index (χ2v) is 8.13. The van der Waals surface area contributed by atoms with E-state index in [1.54, 1.807) is 24.3 Å². The molecule has 0 spiro atoms. The number of hydrogen-bond acceptors (Lipinski definition) is 3. The van der Waals surface area contributed by atoms with E-state index in [-0.39, 0.29) is 10.8 Å². The second-order valence-electron chi connectivity index (χ2n) is 6.53. The Kier molecular flexibility index (Phi) is 5.89. The molecule has 1 aromatic carbocycles. The smallest absolute Gasteiger partial charge is 0.283 e. The van der Waals surface area contributed by atoms with E-state index in [0.717, 1.165) is 44.6 Å². The molecule has 0 aromatic heterocycles. The van der Waals surface area contributed by atoms with Crippen molar-refractivity contribution < 1.29 is 13.2 Å². The first-order valence-electron chi connectivity index (χ1n) is 8.89. The molecule has 1 saturated carbocycles. The number of morpholine rings is 1. The van der Waals surface area contributed by atoms with E-state index in [0.29, 0.717) is 13.2 Å². The van der Waals surface area contributed by atoms with Gasteiger partial charge in [-0.05, 0) is 25.0 Å². The van der Waals surface area contributed by atoms with Gasteiger partial charge in [0.15, 0.2) is 0 Å². The summed E-state index contributed by atoms with van der Waals surface area (Å²) in [5.41, 5.74) is 0. The summed E-state index contributed by atoms with van der Waals surface area (Å²) in [6, 6.07) is 8.52. The molecule has 0 unspecified atom stereocenters. The van der Waals surface area contributed by atoms with Gasteiger partial charge < -0.3 is 9.64 Å². The molecule has 1 aromatic rings. The van der Waals surface area contributed by atoms with Crippen molar-refractivity contribution in [3.63, 3.8) is 0 Å². The standard InChI is InChI=1S/C18H26N2O3S/c21-24(22,17-10-6-3-7-11-17)19-18(20-12-14-23-15-13-20)16-8-4-1-2-5-9-16/h3,6-7,10-11,16H,1-2,4-5,8-9,12-15H2/b19-18-. The minimum Gasteiger partial charge on any atom is -0.378 e. The van der Waals surface area contributed by atoms with Crippen LogP contribution in [0.1, 0.15) is 38.5 Å². The maximum atomic E-state index is 12.8. The molecule has 0 amide bonds. The lowest BCUT2D eigenvalue weighted by atomic mass is 9.98. The maximum absolute atomic E-state index is 12.8. The largest absolute Gasteiger partial charge is 0.378 e. The molecular formula is C18H26N2O3S. The molecule has 0 N–H and O–H groups in total. The molecule has 3 rings (SSSR count). The van der Waals surface area contributed by atoms with Crippen LogP contribution in [0.2, 0.25) is 0 Å². The van der Waals surface area contributed by atoms with E-state index in [1.807, 2.05) is 6.07 Å². The Morgan fingerprint density at radius 1 is 1.00 bits per heavy atom. The predicted molar refractivity (Wildman–Crippen MR) is 94.6 cm³/mol. The number of hydrogen-bond donors (Lipinski definition) is 0. The van der Waals surface area contributed by atoms with E-state index in [2.05, 4.69) is 9.30 Å². The van der Waals surface area contributed by atoms with Crippen LogP contribution in [0, 0.1) is 5.92 Å². The van der Waals surface area contributed by atoms with Crippen molar-refractivity contribution in [2.75, 3.05) is 26.3 Å². The van der Waals surface area contributed by atoms with Crippen LogP contribution in [-0.4, -0.2) is 45.5 Å². The Hall–Kier alpha value is -1.40. The Balaban J connectivity index is 1.93. The van der Waals surface area contributed by atoms with Gasteiger partial charge in [-0.25, -0.2) is 0 Å². The first-order valence-corrected chi connectivity index (χ1v) is 10.3. The van der Waals surface area contributed by atoms with Gasteiger partial charge in [-0.15, -0.1) is 4.40 Å². The van der Waals surface area contributed by atoms with Gasteiger partial charge in [-0.3, -0.25) is 0 Å². The summed E-state index contributed by atoms with van der Waals surface area (Å²) in [7, 11) is -3.66. The third-order valence-corrected chi connectivity index (χ3v) is 6.11. The molecule has 24 heavy (non-hydrogen) atoms. The molecule has 1 heterocycles. The highest BCUT2D eigenvalue weighted by Gasteiger charge is 2.27. The number of sulfonamides is 1. The van der Waals surface area contributed by atoms with Crippen LogP contribution in [0.4, 0.5) is 0 Å². The number of amidine groups is 1. The van der Waals surface area contributed by atoms with Gasteiger partial charge in [0.2, 0.25) is 0 Å². The lowest BCUT2D eigenvalue weighted by Gasteiger charge is -2.33. The predicted octanol–water partition coefficient (Wildman–Crippen LogP) is 3.08. The summed E-state index contributed by atoms with van der Waals surface area (Å²) in [5.74, 6) is 0.994. The number of nitrogens with zero attached hydrogens (tertiary/aromatic N) is 2. The minimum absolute atomic E-state index is 0.240. The summed E-state index contributed by atoms with van der Waals surface area (Å²) in [6.45, 7) is 2.72. The Labute approximate surface area is 144 Å². The molecule has 1 saturated heterocycles. The summed E-state index contributed by atoms with van der Waals surface area (Å²) in [4.78, 5) is 2.39. The van der Waals surface area contributed by atoms with Gasteiger partial charge in [-0.1, -0.05) is 43.9 Å². The zero-order valence-electron chi connectivity index (χ0n) is 14.1. The van der Waals surface area contributed by atoms with Gasteiger partial charge in [0.1, 0.15) is 5.84 Å². The van der Waals surface area contributed by atoms with Gasteiger partial charge in [0.25, 0.3) is 10.0 Å².